The first-order valence-corrected chi connectivity index (χ1v) is 10.8. The van der Waals surface area contributed by atoms with Gasteiger partial charge >= 0.3 is 0 Å². The summed E-state index contributed by atoms with van der Waals surface area (Å²) in [6.07, 6.45) is 2.26. The predicted octanol–water partition coefficient (Wildman–Crippen LogP) is 7.25. The van der Waals surface area contributed by atoms with Crippen LogP contribution in [0.2, 0.25) is 0 Å². The summed E-state index contributed by atoms with van der Waals surface area (Å²) in [5.41, 5.74) is 5.06. The van der Waals surface area contributed by atoms with E-state index in [1.165, 1.54) is 43.6 Å². The summed E-state index contributed by atoms with van der Waals surface area (Å²) in [6.45, 7) is 0. The van der Waals surface area contributed by atoms with Crippen LogP contribution in [-0.4, -0.2) is 9.13 Å². The minimum Gasteiger partial charge on any atom is -0.335 e. The first-order valence-electron chi connectivity index (χ1n) is 9.23. The van der Waals surface area contributed by atoms with Gasteiger partial charge in [0.05, 0.1) is 22.1 Å². The third-order valence-electron chi connectivity index (χ3n) is 6.23. The van der Waals surface area contributed by atoms with Gasteiger partial charge in [-0.2, -0.15) is 0 Å². The molecule has 2 atom stereocenters. The molecule has 0 amide bonds. The lowest BCUT2D eigenvalue weighted by Crippen LogP contribution is -2.07. The molecule has 5 heteroatoms. The molecule has 3 nitrogen and oxygen atoms in total. The molecule has 2 bridgehead atoms. The van der Waals surface area contributed by atoms with Crippen molar-refractivity contribution in [2.24, 2.45) is 0 Å². The summed E-state index contributed by atoms with van der Waals surface area (Å²) in [6, 6.07) is 17.4. The van der Waals surface area contributed by atoms with Crippen LogP contribution in [0.3, 0.4) is 0 Å². The van der Waals surface area contributed by atoms with E-state index in [4.69, 9.17) is 4.74 Å². The Morgan fingerprint density at radius 1 is 0.704 bits per heavy atom. The topological polar surface area (TPSA) is 19.1 Å². The van der Waals surface area contributed by atoms with Gasteiger partial charge in [0.25, 0.3) is 0 Å². The Bertz CT molecular complexity index is 1340. The summed E-state index contributed by atoms with van der Waals surface area (Å²) in [7, 11) is 0. The van der Waals surface area contributed by atoms with E-state index >= 15 is 0 Å². The minimum atomic E-state index is 0.0901. The molecule has 0 saturated carbocycles. The number of halogens is 2. The second kappa shape index (κ2) is 4.96. The normalized spacial score (nSPS) is 21.3. The number of rotatable bonds is 0. The van der Waals surface area contributed by atoms with Crippen molar-refractivity contribution in [3.05, 3.63) is 57.5 Å². The van der Waals surface area contributed by atoms with Crippen LogP contribution in [0.15, 0.2) is 57.5 Å². The van der Waals surface area contributed by atoms with Crippen molar-refractivity contribution in [2.45, 2.75) is 25.3 Å². The fraction of sp³-hybridized carbons (Fsp3) is 0.182. The largest absolute Gasteiger partial charge is 0.335 e. The highest BCUT2D eigenvalue weighted by Gasteiger charge is 2.37. The summed E-state index contributed by atoms with van der Waals surface area (Å²) in [5, 5.41) is 5.08. The van der Waals surface area contributed by atoms with Crippen LogP contribution in [0.4, 0.5) is 0 Å². The number of nitrogens with zero attached hydrogens (tertiary/aromatic N) is 2. The number of para-hydroxylation sites is 2. The summed E-state index contributed by atoms with van der Waals surface area (Å²) in [5.74, 6) is 0. The fourth-order valence-electron chi connectivity index (χ4n) is 5.24. The number of ether oxygens (including phenoxy) is 1. The summed E-state index contributed by atoms with van der Waals surface area (Å²) in [4.78, 5) is 0. The first-order chi connectivity index (χ1) is 13.3. The van der Waals surface area contributed by atoms with Gasteiger partial charge in [-0.1, -0.05) is 36.4 Å². The Hall–Kier alpha value is -1.82. The van der Waals surface area contributed by atoms with Crippen molar-refractivity contribution in [3.63, 3.8) is 0 Å². The molecule has 7 rings (SSSR count). The van der Waals surface area contributed by atoms with Gasteiger partial charge in [0, 0.05) is 30.5 Å². The van der Waals surface area contributed by atoms with Crippen molar-refractivity contribution < 1.29 is 4.74 Å². The highest BCUT2D eigenvalue weighted by atomic mass is 79.9. The van der Waals surface area contributed by atoms with Gasteiger partial charge in [0.15, 0.2) is 0 Å². The molecule has 3 aromatic carbocycles. The second-order valence-corrected chi connectivity index (χ2v) is 9.06. The number of aromatic nitrogens is 2. The van der Waals surface area contributed by atoms with E-state index in [2.05, 4.69) is 89.5 Å². The number of hydrogen-bond donors (Lipinski definition) is 0. The maximum atomic E-state index is 6.59. The molecule has 0 spiro atoms. The molecule has 1 saturated heterocycles. The van der Waals surface area contributed by atoms with Gasteiger partial charge in [0.2, 0.25) is 0 Å². The van der Waals surface area contributed by atoms with Gasteiger partial charge in [-0.25, -0.2) is 0 Å². The van der Waals surface area contributed by atoms with E-state index in [9.17, 15) is 0 Å². The zero-order valence-electron chi connectivity index (χ0n) is 14.2. The third kappa shape index (κ3) is 1.64. The van der Waals surface area contributed by atoms with E-state index in [1.54, 1.807) is 0 Å². The molecule has 1 fully saturated rings. The van der Waals surface area contributed by atoms with Crippen LogP contribution in [-0.2, 0) is 4.74 Å². The average molecular weight is 482 g/mol. The van der Waals surface area contributed by atoms with Gasteiger partial charge in [-0.05, 0) is 56.8 Å². The third-order valence-corrected chi connectivity index (χ3v) is 8.35. The highest BCUT2D eigenvalue weighted by Crippen LogP contribution is 2.53. The second-order valence-electron chi connectivity index (χ2n) is 7.47. The van der Waals surface area contributed by atoms with Crippen molar-refractivity contribution in [1.29, 1.82) is 0 Å². The molecule has 5 aromatic rings. The molecule has 132 valence electrons. The van der Waals surface area contributed by atoms with Crippen molar-refractivity contribution in [1.82, 2.24) is 9.13 Å². The molecule has 27 heavy (non-hydrogen) atoms. The Morgan fingerprint density at radius 2 is 1.15 bits per heavy atom. The maximum Gasteiger partial charge on any atom is 0.137 e. The van der Waals surface area contributed by atoms with Crippen molar-refractivity contribution >= 4 is 75.5 Å². The molecule has 4 heterocycles. The lowest BCUT2D eigenvalue weighted by Gasteiger charge is -2.15. The number of benzene rings is 3. The Balaban J connectivity index is 1.93. The molecule has 2 aliphatic heterocycles. The lowest BCUT2D eigenvalue weighted by molar-refractivity contribution is -0.0229. The Morgan fingerprint density at radius 3 is 1.63 bits per heavy atom. The lowest BCUT2D eigenvalue weighted by atomic mass is 10.1. The molecular formula is C22H14Br2N2O. The molecule has 2 aromatic heterocycles. The van der Waals surface area contributed by atoms with E-state index in [-0.39, 0.29) is 12.5 Å². The van der Waals surface area contributed by atoms with Crippen molar-refractivity contribution in [3.8, 4) is 0 Å². The molecular weight excluding hydrogens is 468 g/mol. The van der Waals surface area contributed by atoms with E-state index in [1.807, 2.05) is 0 Å². The predicted molar refractivity (Wildman–Crippen MR) is 116 cm³/mol. The van der Waals surface area contributed by atoms with E-state index in [0.29, 0.717) is 0 Å². The van der Waals surface area contributed by atoms with Crippen molar-refractivity contribution in [2.75, 3.05) is 0 Å². The average Bonchev–Trinajstić information content (AvgIpc) is 3.34. The van der Waals surface area contributed by atoms with Crippen LogP contribution in [0.25, 0.3) is 43.6 Å². The Labute approximate surface area is 171 Å². The molecule has 0 N–H and O–H groups in total. The van der Waals surface area contributed by atoms with Gasteiger partial charge in [0.1, 0.15) is 12.5 Å². The van der Waals surface area contributed by atoms with E-state index < -0.39 is 0 Å². The first kappa shape index (κ1) is 15.1. The van der Waals surface area contributed by atoms with Crippen LogP contribution >= 0.6 is 31.9 Å². The summed E-state index contributed by atoms with van der Waals surface area (Å²) >= 11 is 7.85. The Kier molecular flexibility index (Phi) is 2.78. The van der Waals surface area contributed by atoms with Gasteiger partial charge in [-0.3, -0.25) is 0 Å². The van der Waals surface area contributed by atoms with Gasteiger partial charge in [-0.15, -0.1) is 0 Å². The molecule has 2 aliphatic rings. The van der Waals surface area contributed by atoms with E-state index in [0.717, 1.165) is 21.8 Å². The molecule has 0 radical (unpaired) electrons. The SMILES string of the molecule is Brc1c(Br)c2c3ccccc3n3c2c2c1c1ccccc1n2C1CCC3O1. The van der Waals surface area contributed by atoms with Crippen LogP contribution < -0.4 is 0 Å². The van der Waals surface area contributed by atoms with Crippen LogP contribution in [0, 0.1) is 0 Å². The summed E-state index contributed by atoms with van der Waals surface area (Å²) < 4.78 is 13.7. The standard InChI is InChI=1S/C22H14Br2N2O/c23-19-17-11-5-1-3-7-13(11)25-15-9-10-16(27-15)26-14-8-4-2-6-12(14)18(20(19)24)22(26)21(17)25/h1-8,15-16H,9-10H2. The van der Waals surface area contributed by atoms with Crippen LogP contribution in [0.1, 0.15) is 25.3 Å². The fourth-order valence-corrected chi connectivity index (χ4v) is 6.44. The zero-order valence-corrected chi connectivity index (χ0v) is 17.4. The highest BCUT2D eigenvalue weighted by molar-refractivity contribution is 9.13. The molecule has 2 unspecified atom stereocenters. The van der Waals surface area contributed by atoms with Crippen LogP contribution in [0.5, 0.6) is 0 Å². The minimum absolute atomic E-state index is 0.0901. The monoisotopic (exact) mass is 480 g/mol. The number of fused-ring (bicyclic) bond motifs is 10. The maximum absolute atomic E-state index is 6.59. The van der Waals surface area contributed by atoms with Gasteiger partial charge < -0.3 is 13.9 Å². The number of hydrogen-bond acceptors (Lipinski definition) is 1. The zero-order chi connectivity index (χ0) is 17.9. The quantitative estimate of drug-likeness (QED) is 0.228. The smallest absolute Gasteiger partial charge is 0.137 e. The molecule has 0 aliphatic carbocycles.